The van der Waals surface area contributed by atoms with Gasteiger partial charge in [-0.1, -0.05) is 13.8 Å². The van der Waals surface area contributed by atoms with Crippen LogP contribution < -0.4 is 15.2 Å². The average Bonchev–Trinajstić information content (AvgIpc) is 2.25. The van der Waals surface area contributed by atoms with Gasteiger partial charge in [-0.2, -0.15) is 0 Å². The molecule has 1 aromatic carbocycles. The number of rotatable bonds is 5. The summed E-state index contributed by atoms with van der Waals surface area (Å²) in [5, 5.41) is 7.39. The molecular formula is C12H18N2O2. The van der Waals surface area contributed by atoms with E-state index in [4.69, 9.17) is 20.6 Å². The lowest BCUT2D eigenvalue weighted by Crippen LogP contribution is -2.12. The highest BCUT2D eigenvalue weighted by Crippen LogP contribution is 2.22. The standard InChI is InChI=1S/C12H18N2O2/c1-8(2)7-16-11-5-9(12(13)14)4-10(6-11)15-3/h4-6,8H,7H2,1-3H3,(H3,13,14). The average molecular weight is 222 g/mol. The van der Waals surface area contributed by atoms with Crippen molar-refractivity contribution < 1.29 is 9.47 Å². The van der Waals surface area contributed by atoms with Gasteiger partial charge in [0.2, 0.25) is 0 Å². The third-order valence-electron chi connectivity index (χ3n) is 2.01. The maximum absolute atomic E-state index is 7.39. The summed E-state index contributed by atoms with van der Waals surface area (Å²) in [4.78, 5) is 0. The van der Waals surface area contributed by atoms with Crippen LogP contribution in [0.2, 0.25) is 0 Å². The van der Waals surface area contributed by atoms with Crippen molar-refractivity contribution in [3.8, 4) is 11.5 Å². The zero-order valence-corrected chi connectivity index (χ0v) is 9.91. The molecule has 3 N–H and O–H groups in total. The Kier molecular flexibility index (Phi) is 4.17. The Hall–Kier alpha value is -1.71. The summed E-state index contributed by atoms with van der Waals surface area (Å²) in [6.07, 6.45) is 0. The van der Waals surface area contributed by atoms with Crippen molar-refractivity contribution >= 4 is 5.84 Å². The van der Waals surface area contributed by atoms with Crippen molar-refractivity contribution in [2.45, 2.75) is 13.8 Å². The summed E-state index contributed by atoms with van der Waals surface area (Å²) >= 11 is 0. The van der Waals surface area contributed by atoms with E-state index >= 15 is 0 Å². The summed E-state index contributed by atoms with van der Waals surface area (Å²) in [6.45, 7) is 4.78. The van der Waals surface area contributed by atoms with E-state index in [9.17, 15) is 0 Å². The summed E-state index contributed by atoms with van der Waals surface area (Å²) in [7, 11) is 1.57. The first-order chi connectivity index (χ1) is 7.52. The van der Waals surface area contributed by atoms with Crippen molar-refractivity contribution in [2.75, 3.05) is 13.7 Å². The SMILES string of the molecule is COc1cc(OCC(C)C)cc(C(=N)N)c1. The second kappa shape index (κ2) is 5.39. The summed E-state index contributed by atoms with van der Waals surface area (Å²) in [5.41, 5.74) is 6.04. The monoisotopic (exact) mass is 222 g/mol. The van der Waals surface area contributed by atoms with Crippen LogP contribution in [-0.2, 0) is 0 Å². The highest BCUT2D eigenvalue weighted by atomic mass is 16.5. The molecule has 0 aliphatic rings. The fourth-order valence-corrected chi connectivity index (χ4v) is 1.19. The normalized spacial score (nSPS) is 10.2. The number of amidine groups is 1. The molecule has 0 atom stereocenters. The minimum Gasteiger partial charge on any atom is -0.497 e. The van der Waals surface area contributed by atoms with Gasteiger partial charge in [0, 0.05) is 11.6 Å². The van der Waals surface area contributed by atoms with Gasteiger partial charge in [0.05, 0.1) is 13.7 Å². The lowest BCUT2D eigenvalue weighted by Gasteiger charge is -2.11. The fourth-order valence-electron chi connectivity index (χ4n) is 1.19. The van der Waals surface area contributed by atoms with Gasteiger partial charge in [-0.15, -0.1) is 0 Å². The van der Waals surface area contributed by atoms with Gasteiger partial charge in [0.25, 0.3) is 0 Å². The van der Waals surface area contributed by atoms with Crippen molar-refractivity contribution in [2.24, 2.45) is 11.7 Å². The Bertz CT molecular complexity index is 375. The van der Waals surface area contributed by atoms with E-state index in [-0.39, 0.29) is 5.84 Å². The summed E-state index contributed by atoms with van der Waals surface area (Å²) < 4.78 is 10.7. The highest BCUT2D eigenvalue weighted by Gasteiger charge is 2.05. The highest BCUT2D eigenvalue weighted by molar-refractivity contribution is 5.95. The topological polar surface area (TPSA) is 68.3 Å². The largest absolute Gasteiger partial charge is 0.497 e. The number of nitrogens with two attached hydrogens (primary N) is 1. The number of hydrogen-bond donors (Lipinski definition) is 2. The fraction of sp³-hybridized carbons (Fsp3) is 0.417. The van der Waals surface area contributed by atoms with Crippen LogP contribution >= 0.6 is 0 Å². The number of nitrogen functional groups attached to an aromatic ring is 1. The Balaban J connectivity index is 2.90. The Morgan fingerprint density at radius 1 is 1.31 bits per heavy atom. The van der Waals surface area contributed by atoms with Gasteiger partial charge in [-0.3, -0.25) is 5.41 Å². The molecule has 4 heteroatoms. The van der Waals surface area contributed by atoms with Crippen LogP contribution in [0.25, 0.3) is 0 Å². The van der Waals surface area contributed by atoms with Crippen LogP contribution in [0.3, 0.4) is 0 Å². The predicted molar refractivity (Wildman–Crippen MR) is 64.3 cm³/mol. The van der Waals surface area contributed by atoms with Crippen molar-refractivity contribution in [1.29, 1.82) is 5.41 Å². The van der Waals surface area contributed by atoms with E-state index in [2.05, 4.69) is 13.8 Å². The second-order valence-corrected chi connectivity index (χ2v) is 4.02. The first-order valence-corrected chi connectivity index (χ1v) is 5.19. The van der Waals surface area contributed by atoms with Crippen LogP contribution in [0, 0.1) is 11.3 Å². The first-order valence-electron chi connectivity index (χ1n) is 5.19. The molecule has 0 saturated carbocycles. The van der Waals surface area contributed by atoms with Crippen LogP contribution in [-0.4, -0.2) is 19.6 Å². The van der Waals surface area contributed by atoms with Gasteiger partial charge in [-0.05, 0) is 18.1 Å². The van der Waals surface area contributed by atoms with Crippen LogP contribution in [0.5, 0.6) is 11.5 Å². The minimum atomic E-state index is 0.00768. The number of hydrogen-bond acceptors (Lipinski definition) is 3. The van der Waals surface area contributed by atoms with E-state index in [0.717, 1.165) is 0 Å². The van der Waals surface area contributed by atoms with E-state index < -0.39 is 0 Å². The molecule has 1 aromatic rings. The maximum atomic E-state index is 7.39. The number of methoxy groups -OCH3 is 1. The lowest BCUT2D eigenvalue weighted by atomic mass is 10.2. The Morgan fingerprint density at radius 2 is 1.94 bits per heavy atom. The molecule has 16 heavy (non-hydrogen) atoms. The van der Waals surface area contributed by atoms with Gasteiger partial charge in [0.1, 0.15) is 17.3 Å². The van der Waals surface area contributed by atoms with Gasteiger partial charge in [0.15, 0.2) is 0 Å². The third-order valence-corrected chi connectivity index (χ3v) is 2.01. The molecule has 88 valence electrons. The molecule has 0 unspecified atom stereocenters. The lowest BCUT2D eigenvalue weighted by molar-refractivity contribution is 0.269. The first kappa shape index (κ1) is 12.4. The molecule has 0 aliphatic carbocycles. The molecule has 4 nitrogen and oxygen atoms in total. The van der Waals surface area contributed by atoms with E-state index in [1.807, 2.05) is 0 Å². The maximum Gasteiger partial charge on any atom is 0.123 e. The van der Waals surface area contributed by atoms with Crippen LogP contribution in [0.15, 0.2) is 18.2 Å². The van der Waals surface area contributed by atoms with Gasteiger partial charge in [-0.25, -0.2) is 0 Å². The molecule has 0 radical (unpaired) electrons. The molecule has 0 aromatic heterocycles. The molecule has 0 bridgehead atoms. The summed E-state index contributed by atoms with van der Waals surface area (Å²) in [6, 6.07) is 5.24. The molecule has 0 spiro atoms. The molecule has 0 amide bonds. The van der Waals surface area contributed by atoms with E-state index in [0.29, 0.717) is 29.6 Å². The molecular weight excluding hydrogens is 204 g/mol. The van der Waals surface area contributed by atoms with Crippen LogP contribution in [0.1, 0.15) is 19.4 Å². The Morgan fingerprint density at radius 3 is 2.44 bits per heavy atom. The summed E-state index contributed by atoms with van der Waals surface area (Å²) in [5.74, 6) is 1.78. The zero-order chi connectivity index (χ0) is 12.1. The predicted octanol–water partition coefficient (Wildman–Crippen LogP) is 2.01. The van der Waals surface area contributed by atoms with Crippen molar-refractivity contribution in [3.63, 3.8) is 0 Å². The minimum absolute atomic E-state index is 0.00768. The van der Waals surface area contributed by atoms with Gasteiger partial charge < -0.3 is 15.2 Å². The van der Waals surface area contributed by atoms with E-state index in [1.54, 1.807) is 25.3 Å². The van der Waals surface area contributed by atoms with Crippen LogP contribution in [0.4, 0.5) is 0 Å². The Labute approximate surface area is 95.9 Å². The number of ether oxygens (including phenoxy) is 2. The molecule has 0 heterocycles. The second-order valence-electron chi connectivity index (χ2n) is 4.02. The molecule has 0 saturated heterocycles. The third kappa shape index (κ3) is 3.46. The molecule has 0 aliphatic heterocycles. The molecule has 1 rings (SSSR count). The van der Waals surface area contributed by atoms with Gasteiger partial charge >= 0.3 is 0 Å². The zero-order valence-electron chi connectivity index (χ0n) is 9.91. The molecule has 0 fully saturated rings. The number of benzene rings is 1. The van der Waals surface area contributed by atoms with Crippen molar-refractivity contribution in [1.82, 2.24) is 0 Å². The number of nitrogens with one attached hydrogen (secondary N) is 1. The quantitative estimate of drug-likeness (QED) is 0.591. The van der Waals surface area contributed by atoms with Crippen molar-refractivity contribution in [3.05, 3.63) is 23.8 Å². The van der Waals surface area contributed by atoms with E-state index in [1.165, 1.54) is 0 Å². The smallest absolute Gasteiger partial charge is 0.123 e.